The van der Waals surface area contributed by atoms with Crippen LogP contribution in [0.25, 0.3) is 0 Å². The number of hydrogen-bond acceptors (Lipinski definition) is 3. The summed E-state index contributed by atoms with van der Waals surface area (Å²) in [5.74, 6) is -0.127. The van der Waals surface area contributed by atoms with Crippen molar-refractivity contribution >= 4 is 28.9 Å². The molecule has 2 aromatic carbocycles. The van der Waals surface area contributed by atoms with Gasteiger partial charge in [-0.1, -0.05) is 17.7 Å². The number of carbonyl (C=O) groups is 1. The summed E-state index contributed by atoms with van der Waals surface area (Å²) in [6, 6.07) is 8.18. The van der Waals surface area contributed by atoms with Gasteiger partial charge in [-0.15, -0.1) is 0 Å². The molecule has 0 aliphatic rings. The van der Waals surface area contributed by atoms with Crippen LogP contribution in [0.2, 0.25) is 5.02 Å². The average molecular weight is 291 g/mol. The summed E-state index contributed by atoms with van der Waals surface area (Å²) in [6.45, 7) is 3.54. The predicted octanol–water partition coefficient (Wildman–Crippen LogP) is 3.50. The molecule has 4 N–H and O–H groups in total. The highest BCUT2D eigenvalue weighted by atomic mass is 35.5. The van der Waals surface area contributed by atoms with Crippen LogP contribution >= 0.6 is 11.6 Å². The molecule has 0 saturated heterocycles. The Morgan fingerprint density at radius 3 is 2.60 bits per heavy atom. The van der Waals surface area contributed by atoms with E-state index in [0.717, 1.165) is 5.56 Å². The third-order valence-corrected chi connectivity index (χ3v) is 3.48. The Morgan fingerprint density at radius 2 is 1.95 bits per heavy atom. The first-order valence-corrected chi connectivity index (χ1v) is 6.43. The summed E-state index contributed by atoms with van der Waals surface area (Å²) in [7, 11) is 0. The third-order valence-electron chi connectivity index (χ3n) is 3.14. The molecule has 0 bridgehead atoms. The van der Waals surface area contributed by atoms with Crippen LogP contribution in [0.4, 0.5) is 11.4 Å². The molecule has 0 fully saturated rings. The summed E-state index contributed by atoms with van der Waals surface area (Å²) in [5, 5.41) is 13.0. The van der Waals surface area contributed by atoms with E-state index in [1.54, 1.807) is 38.1 Å². The molecule has 0 saturated carbocycles. The number of rotatable bonds is 2. The molecule has 4 nitrogen and oxygen atoms in total. The van der Waals surface area contributed by atoms with Gasteiger partial charge >= 0.3 is 0 Å². The lowest BCUT2D eigenvalue weighted by Gasteiger charge is -2.11. The number of amides is 1. The lowest BCUT2D eigenvalue weighted by atomic mass is 10.1. The maximum atomic E-state index is 12.1. The molecular weight excluding hydrogens is 276 g/mol. The Balaban J connectivity index is 2.28. The standard InChI is InChI=1S/C15H15ClN2O2/c1-8-3-6-13(9(2)14(8)19)18-15(20)10-4-5-11(16)12(17)7-10/h3-7,19H,17H2,1-2H3,(H,18,20). The number of benzene rings is 2. The normalized spacial score (nSPS) is 10.3. The molecule has 0 radical (unpaired) electrons. The minimum absolute atomic E-state index is 0.179. The maximum absolute atomic E-state index is 12.1. The second kappa shape index (κ2) is 5.43. The van der Waals surface area contributed by atoms with Crippen LogP contribution in [0.1, 0.15) is 21.5 Å². The van der Waals surface area contributed by atoms with Crippen molar-refractivity contribution in [1.82, 2.24) is 0 Å². The van der Waals surface area contributed by atoms with Crippen LogP contribution < -0.4 is 11.1 Å². The number of aromatic hydroxyl groups is 1. The zero-order valence-corrected chi connectivity index (χ0v) is 12.0. The Morgan fingerprint density at radius 1 is 1.25 bits per heavy atom. The van der Waals surface area contributed by atoms with Crippen molar-refractivity contribution in [2.75, 3.05) is 11.1 Å². The lowest BCUT2D eigenvalue weighted by molar-refractivity contribution is 0.102. The highest BCUT2D eigenvalue weighted by Crippen LogP contribution is 2.28. The predicted molar refractivity (Wildman–Crippen MR) is 81.4 cm³/mol. The first-order valence-electron chi connectivity index (χ1n) is 6.05. The fourth-order valence-electron chi connectivity index (χ4n) is 1.85. The SMILES string of the molecule is Cc1ccc(NC(=O)c2ccc(Cl)c(N)c2)c(C)c1O. The quantitative estimate of drug-likeness (QED) is 0.741. The smallest absolute Gasteiger partial charge is 0.255 e. The summed E-state index contributed by atoms with van der Waals surface area (Å²) < 4.78 is 0. The molecule has 0 aliphatic carbocycles. The van der Waals surface area contributed by atoms with Crippen molar-refractivity contribution in [3.63, 3.8) is 0 Å². The van der Waals surface area contributed by atoms with E-state index in [1.165, 1.54) is 6.07 Å². The number of nitrogens with one attached hydrogen (secondary N) is 1. The summed E-state index contributed by atoms with van der Waals surface area (Å²) in [4.78, 5) is 12.1. The van der Waals surface area contributed by atoms with Crippen molar-refractivity contribution in [3.05, 3.63) is 52.0 Å². The number of phenols is 1. The Bertz CT molecular complexity index is 684. The first kappa shape index (κ1) is 14.2. The molecule has 0 unspecified atom stereocenters. The van der Waals surface area contributed by atoms with Gasteiger partial charge in [0.2, 0.25) is 0 Å². The van der Waals surface area contributed by atoms with Crippen molar-refractivity contribution in [2.45, 2.75) is 13.8 Å². The molecule has 20 heavy (non-hydrogen) atoms. The van der Waals surface area contributed by atoms with Crippen LogP contribution in [0, 0.1) is 13.8 Å². The topological polar surface area (TPSA) is 75.4 Å². The van der Waals surface area contributed by atoms with Gasteiger partial charge in [0.1, 0.15) is 5.75 Å². The van der Waals surface area contributed by atoms with E-state index >= 15 is 0 Å². The van der Waals surface area contributed by atoms with Crippen LogP contribution in [0.5, 0.6) is 5.75 Å². The van der Waals surface area contributed by atoms with E-state index in [-0.39, 0.29) is 11.7 Å². The molecule has 0 heterocycles. The minimum Gasteiger partial charge on any atom is -0.507 e. The number of phenolic OH excluding ortho intramolecular Hbond substituents is 1. The van der Waals surface area contributed by atoms with Gasteiger partial charge in [-0.3, -0.25) is 4.79 Å². The molecular formula is C15H15ClN2O2. The van der Waals surface area contributed by atoms with E-state index in [9.17, 15) is 9.90 Å². The van der Waals surface area contributed by atoms with Crippen LogP contribution in [0.15, 0.2) is 30.3 Å². The Kier molecular flexibility index (Phi) is 3.86. The molecule has 104 valence electrons. The van der Waals surface area contributed by atoms with Gasteiger partial charge in [-0.05, 0) is 43.7 Å². The molecule has 0 spiro atoms. The van der Waals surface area contributed by atoms with Crippen molar-refractivity contribution in [3.8, 4) is 5.75 Å². The number of aryl methyl sites for hydroxylation is 1. The summed E-state index contributed by atoms with van der Waals surface area (Å²) >= 11 is 5.82. The molecule has 1 amide bonds. The summed E-state index contributed by atoms with van der Waals surface area (Å²) in [6.07, 6.45) is 0. The third kappa shape index (κ3) is 2.70. The van der Waals surface area contributed by atoms with E-state index in [1.807, 2.05) is 0 Å². The van der Waals surface area contributed by atoms with Crippen LogP contribution in [0.3, 0.4) is 0 Å². The first-order chi connectivity index (χ1) is 9.40. The average Bonchev–Trinajstić information content (AvgIpc) is 2.42. The highest BCUT2D eigenvalue weighted by molar-refractivity contribution is 6.33. The molecule has 2 aromatic rings. The van der Waals surface area contributed by atoms with Crippen molar-refractivity contribution in [2.24, 2.45) is 0 Å². The van der Waals surface area contributed by atoms with Gasteiger partial charge in [-0.2, -0.15) is 0 Å². The van der Waals surface area contributed by atoms with E-state index in [4.69, 9.17) is 17.3 Å². The molecule has 5 heteroatoms. The second-order valence-electron chi connectivity index (χ2n) is 4.59. The number of nitrogen functional groups attached to an aromatic ring is 1. The van der Waals surface area contributed by atoms with E-state index in [2.05, 4.69) is 5.32 Å². The lowest BCUT2D eigenvalue weighted by Crippen LogP contribution is -2.13. The highest BCUT2D eigenvalue weighted by Gasteiger charge is 2.11. The molecule has 0 atom stereocenters. The van der Waals surface area contributed by atoms with Gasteiger partial charge in [0.25, 0.3) is 5.91 Å². The Hall–Kier alpha value is -2.20. The second-order valence-corrected chi connectivity index (χ2v) is 5.00. The van der Waals surface area contributed by atoms with Gasteiger partial charge in [-0.25, -0.2) is 0 Å². The zero-order chi connectivity index (χ0) is 14.9. The van der Waals surface area contributed by atoms with Gasteiger partial charge < -0.3 is 16.2 Å². The minimum atomic E-state index is -0.306. The zero-order valence-electron chi connectivity index (χ0n) is 11.2. The van der Waals surface area contributed by atoms with Crippen LogP contribution in [-0.2, 0) is 0 Å². The maximum Gasteiger partial charge on any atom is 0.255 e. The van der Waals surface area contributed by atoms with Gasteiger partial charge in [0, 0.05) is 16.8 Å². The largest absolute Gasteiger partial charge is 0.507 e. The monoisotopic (exact) mass is 290 g/mol. The Labute approximate surface area is 122 Å². The number of carbonyl (C=O) groups excluding carboxylic acids is 1. The van der Waals surface area contributed by atoms with E-state index in [0.29, 0.717) is 27.5 Å². The van der Waals surface area contributed by atoms with Crippen molar-refractivity contribution in [1.29, 1.82) is 0 Å². The van der Waals surface area contributed by atoms with Gasteiger partial charge in [0.15, 0.2) is 0 Å². The van der Waals surface area contributed by atoms with Gasteiger partial charge in [0.05, 0.1) is 10.7 Å². The number of halogens is 1. The molecule has 0 aromatic heterocycles. The van der Waals surface area contributed by atoms with Crippen molar-refractivity contribution < 1.29 is 9.90 Å². The fourth-order valence-corrected chi connectivity index (χ4v) is 1.97. The number of hydrogen-bond donors (Lipinski definition) is 3. The molecule has 2 rings (SSSR count). The number of anilines is 2. The summed E-state index contributed by atoms with van der Waals surface area (Å²) in [5.41, 5.74) is 8.38. The molecule has 0 aliphatic heterocycles. The fraction of sp³-hybridized carbons (Fsp3) is 0.133. The number of nitrogens with two attached hydrogens (primary N) is 1. The van der Waals surface area contributed by atoms with E-state index < -0.39 is 0 Å². The van der Waals surface area contributed by atoms with Crippen LogP contribution in [-0.4, -0.2) is 11.0 Å².